The smallest absolute Gasteiger partial charge is 0.253 e. The van der Waals surface area contributed by atoms with Gasteiger partial charge in [0.1, 0.15) is 6.33 Å². The van der Waals surface area contributed by atoms with Crippen molar-refractivity contribution in [1.29, 1.82) is 0 Å². The molecule has 1 aliphatic rings. The number of nitrogens with zero attached hydrogens (tertiary/aromatic N) is 5. The Balaban J connectivity index is 1.55. The van der Waals surface area contributed by atoms with Crippen molar-refractivity contribution in [3.8, 4) is 0 Å². The summed E-state index contributed by atoms with van der Waals surface area (Å²) in [5.74, 6) is 0.529. The van der Waals surface area contributed by atoms with Gasteiger partial charge in [0.15, 0.2) is 0 Å². The van der Waals surface area contributed by atoms with Gasteiger partial charge >= 0.3 is 0 Å². The number of rotatable bonds is 4. The molecule has 0 unspecified atom stereocenters. The van der Waals surface area contributed by atoms with Crippen molar-refractivity contribution in [2.24, 2.45) is 5.92 Å². The first-order valence-electron chi connectivity index (χ1n) is 8.96. The third kappa shape index (κ3) is 4.72. The molecule has 0 aliphatic carbocycles. The Morgan fingerprint density at radius 2 is 1.96 bits per heavy atom. The highest BCUT2D eigenvalue weighted by atomic mass is 16.1. The van der Waals surface area contributed by atoms with Crippen molar-refractivity contribution in [3.05, 3.63) is 52.7 Å². The third-order valence-corrected chi connectivity index (χ3v) is 4.84. The van der Waals surface area contributed by atoms with Gasteiger partial charge < -0.3 is 0 Å². The number of piperidine rings is 1. The molecule has 2 aromatic heterocycles. The molecule has 2 aromatic rings. The molecule has 0 N–H and O–H groups in total. The summed E-state index contributed by atoms with van der Waals surface area (Å²) < 4.78 is 1.76. The Hall–Kier alpha value is -2.08. The lowest BCUT2D eigenvalue weighted by Crippen LogP contribution is -2.36. The van der Waals surface area contributed by atoms with Crippen LogP contribution in [0.25, 0.3) is 0 Å². The fourth-order valence-corrected chi connectivity index (χ4v) is 3.22. The highest BCUT2D eigenvalue weighted by Crippen LogP contribution is 2.21. The van der Waals surface area contributed by atoms with E-state index in [2.05, 4.69) is 40.6 Å². The summed E-state index contributed by atoms with van der Waals surface area (Å²) >= 11 is 0. The van der Waals surface area contributed by atoms with Crippen LogP contribution in [0.1, 0.15) is 45.0 Å². The first-order chi connectivity index (χ1) is 11.9. The van der Waals surface area contributed by atoms with Crippen molar-refractivity contribution >= 4 is 0 Å². The first-order valence-corrected chi connectivity index (χ1v) is 8.96. The molecule has 1 saturated heterocycles. The summed E-state index contributed by atoms with van der Waals surface area (Å²) in [5, 5.41) is 0. The van der Waals surface area contributed by atoms with E-state index in [0.29, 0.717) is 5.92 Å². The topological polar surface area (TPSA) is 63.9 Å². The largest absolute Gasteiger partial charge is 0.299 e. The molecule has 0 radical (unpaired) electrons. The van der Waals surface area contributed by atoms with Crippen LogP contribution in [0.3, 0.4) is 0 Å². The van der Waals surface area contributed by atoms with Crippen LogP contribution in [-0.2, 0) is 18.5 Å². The molecule has 1 fully saturated rings. The zero-order valence-corrected chi connectivity index (χ0v) is 15.4. The standard InChI is InChI=1S/C19H27N5O/c1-19(2,3)17-10-18(25)24(14-22-17)11-15-5-8-23(9-6-15)12-16-4-7-20-13-21-16/h4,7,10,13-15H,5-6,8-9,11-12H2,1-3H3. The first kappa shape index (κ1) is 17.7. The maximum Gasteiger partial charge on any atom is 0.253 e. The van der Waals surface area contributed by atoms with E-state index in [9.17, 15) is 4.79 Å². The monoisotopic (exact) mass is 341 g/mol. The van der Waals surface area contributed by atoms with Crippen molar-refractivity contribution in [3.63, 3.8) is 0 Å². The minimum absolute atomic E-state index is 0.0586. The normalized spacial score (nSPS) is 16.9. The van der Waals surface area contributed by atoms with Gasteiger partial charge in [-0.1, -0.05) is 20.8 Å². The van der Waals surface area contributed by atoms with E-state index in [1.807, 2.05) is 6.07 Å². The molecule has 0 spiro atoms. The SMILES string of the molecule is CC(C)(C)c1cc(=O)n(CC2CCN(Cc3ccncn3)CC2)cn1. The third-order valence-electron chi connectivity index (χ3n) is 4.84. The van der Waals surface area contributed by atoms with Crippen LogP contribution in [0.15, 0.2) is 35.8 Å². The highest BCUT2D eigenvalue weighted by Gasteiger charge is 2.21. The Morgan fingerprint density at radius 1 is 1.20 bits per heavy atom. The van der Waals surface area contributed by atoms with E-state index in [0.717, 1.165) is 50.4 Å². The van der Waals surface area contributed by atoms with Crippen LogP contribution >= 0.6 is 0 Å². The van der Waals surface area contributed by atoms with Crippen molar-refractivity contribution < 1.29 is 0 Å². The maximum absolute atomic E-state index is 12.4. The van der Waals surface area contributed by atoms with E-state index in [1.165, 1.54) is 0 Å². The van der Waals surface area contributed by atoms with E-state index in [1.54, 1.807) is 29.5 Å². The van der Waals surface area contributed by atoms with E-state index in [4.69, 9.17) is 0 Å². The fraction of sp³-hybridized carbons (Fsp3) is 0.579. The number of likely N-dealkylation sites (tertiary alicyclic amines) is 1. The van der Waals surface area contributed by atoms with Crippen molar-refractivity contribution in [2.45, 2.75) is 52.1 Å². The Kier molecular flexibility index (Phi) is 5.27. The minimum Gasteiger partial charge on any atom is -0.299 e. The minimum atomic E-state index is -0.0927. The maximum atomic E-state index is 12.4. The van der Waals surface area contributed by atoms with Gasteiger partial charge in [0.25, 0.3) is 5.56 Å². The molecule has 3 rings (SSSR count). The van der Waals surface area contributed by atoms with Crippen LogP contribution in [0.4, 0.5) is 0 Å². The Bertz CT molecular complexity index is 742. The van der Waals surface area contributed by atoms with Gasteiger partial charge in [0, 0.05) is 30.8 Å². The van der Waals surface area contributed by atoms with Crippen molar-refractivity contribution in [1.82, 2.24) is 24.4 Å². The average Bonchev–Trinajstić information content (AvgIpc) is 2.58. The lowest BCUT2D eigenvalue weighted by atomic mass is 9.92. The Morgan fingerprint density at radius 3 is 2.56 bits per heavy atom. The molecule has 6 nitrogen and oxygen atoms in total. The van der Waals surface area contributed by atoms with Gasteiger partial charge in [-0.25, -0.2) is 15.0 Å². The van der Waals surface area contributed by atoms with Gasteiger partial charge in [-0.05, 0) is 37.9 Å². The summed E-state index contributed by atoms with van der Waals surface area (Å²) in [6, 6.07) is 3.65. The lowest BCUT2D eigenvalue weighted by molar-refractivity contribution is 0.164. The molecule has 0 saturated carbocycles. The van der Waals surface area contributed by atoms with E-state index < -0.39 is 0 Å². The van der Waals surface area contributed by atoms with Gasteiger partial charge in [-0.15, -0.1) is 0 Å². The summed E-state index contributed by atoms with van der Waals surface area (Å²) in [4.78, 5) is 27.5. The lowest BCUT2D eigenvalue weighted by Gasteiger charge is -2.31. The predicted octanol–water partition coefficient (Wildman–Crippen LogP) is 2.24. The molecule has 0 atom stereocenters. The van der Waals surface area contributed by atoms with E-state index in [-0.39, 0.29) is 11.0 Å². The molecular formula is C19H27N5O. The van der Waals surface area contributed by atoms with Crippen LogP contribution in [0.5, 0.6) is 0 Å². The molecular weight excluding hydrogens is 314 g/mol. The van der Waals surface area contributed by atoms with Gasteiger partial charge in [0.2, 0.25) is 0 Å². The van der Waals surface area contributed by atoms with Gasteiger partial charge in [0.05, 0.1) is 17.7 Å². The summed E-state index contributed by atoms with van der Waals surface area (Å²) in [6.45, 7) is 9.94. The molecule has 25 heavy (non-hydrogen) atoms. The zero-order valence-electron chi connectivity index (χ0n) is 15.4. The predicted molar refractivity (Wildman–Crippen MR) is 97.2 cm³/mol. The molecule has 3 heterocycles. The van der Waals surface area contributed by atoms with Gasteiger partial charge in [-0.3, -0.25) is 14.3 Å². The van der Waals surface area contributed by atoms with Gasteiger partial charge in [-0.2, -0.15) is 0 Å². The second-order valence-electron chi connectivity index (χ2n) is 7.93. The highest BCUT2D eigenvalue weighted by molar-refractivity contribution is 5.10. The molecule has 0 aromatic carbocycles. The van der Waals surface area contributed by atoms with Crippen LogP contribution in [0.2, 0.25) is 0 Å². The Labute approximate surface area is 149 Å². The van der Waals surface area contributed by atoms with Crippen LogP contribution < -0.4 is 5.56 Å². The fourth-order valence-electron chi connectivity index (χ4n) is 3.22. The second-order valence-corrected chi connectivity index (χ2v) is 7.93. The van der Waals surface area contributed by atoms with Crippen LogP contribution in [-0.4, -0.2) is 37.5 Å². The second kappa shape index (κ2) is 7.44. The molecule has 0 bridgehead atoms. The summed E-state index contributed by atoms with van der Waals surface area (Å²) in [6.07, 6.45) is 7.30. The molecule has 134 valence electrons. The average molecular weight is 341 g/mol. The molecule has 1 aliphatic heterocycles. The summed E-state index contributed by atoms with van der Waals surface area (Å²) in [7, 11) is 0. The van der Waals surface area contributed by atoms with Crippen LogP contribution in [0, 0.1) is 5.92 Å². The van der Waals surface area contributed by atoms with E-state index >= 15 is 0 Å². The number of hydrogen-bond donors (Lipinski definition) is 0. The number of hydrogen-bond acceptors (Lipinski definition) is 5. The summed E-state index contributed by atoms with van der Waals surface area (Å²) in [5.41, 5.74) is 1.88. The zero-order chi connectivity index (χ0) is 17.9. The molecule has 0 amide bonds. The molecule has 6 heteroatoms. The number of aromatic nitrogens is 4. The van der Waals surface area contributed by atoms with Crippen molar-refractivity contribution in [2.75, 3.05) is 13.1 Å². The quantitative estimate of drug-likeness (QED) is 0.853.